The van der Waals surface area contributed by atoms with Crippen LogP contribution in [-0.2, 0) is 11.9 Å². The summed E-state index contributed by atoms with van der Waals surface area (Å²) in [5, 5.41) is 8.93. The van der Waals surface area contributed by atoms with E-state index >= 15 is 0 Å². The molecule has 0 bridgehead atoms. The molecule has 0 aliphatic heterocycles. The quantitative estimate of drug-likeness (QED) is 0.860. The molecule has 1 N–H and O–H groups in total. The maximum Gasteiger partial charge on any atom is 0.435 e. The molecule has 0 atom stereocenters. The van der Waals surface area contributed by atoms with Gasteiger partial charge in [0.15, 0.2) is 5.69 Å². The number of halogens is 3. The van der Waals surface area contributed by atoms with Crippen LogP contribution in [0.15, 0.2) is 35.2 Å². The number of thiazole rings is 1. The minimum atomic E-state index is -4.75. The van der Waals surface area contributed by atoms with Crippen molar-refractivity contribution < 1.29 is 23.1 Å². The molecule has 0 fully saturated rings. The molecule has 1 heterocycles. The van der Waals surface area contributed by atoms with Gasteiger partial charge in [-0.3, -0.25) is 0 Å². The Kier molecular flexibility index (Phi) is 4.34. The second-order valence-corrected chi connectivity index (χ2v) is 5.82. The standard InChI is InChI=1S/C12H8F3NO2S2/c13-12(14,15)10-9(11(17)18)20-8(16-10)6-19-7-4-2-1-3-5-7/h1-5H,6H2,(H,17,18). The van der Waals surface area contributed by atoms with E-state index in [1.54, 1.807) is 0 Å². The first-order valence-electron chi connectivity index (χ1n) is 5.36. The van der Waals surface area contributed by atoms with Gasteiger partial charge in [-0.2, -0.15) is 13.2 Å². The third-order valence-corrected chi connectivity index (χ3v) is 4.49. The molecule has 0 amide bonds. The highest BCUT2D eigenvalue weighted by Gasteiger charge is 2.39. The highest BCUT2D eigenvalue weighted by molar-refractivity contribution is 7.98. The molecule has 2 rings (SSSR count). The van der Waals surface area contributed by atoms with E-state index in [1.807, 2.05) is 30.3 Å². The van der Waals surface area contributed by atoms with Gasteiger partial charge in [0.25, 0.3) is 0 Å². The monoisotopic (exact) mass is 319 g/mol. The molecule has 8 heteroatoms. The summed E-state index contributed by atoms with van der Waals surface area (Å²) >= 11 is 1.87. The van der Waals surface area contributed by atoms with Crippen molar-refractivity contribution in [2.45, 2.75) is 16.8 Å². The molecule has 1 aromatic heterocycles. The van der Waals surface area contributed by atoms with Gasteiger partial charge in [0.05, 0.1) is 5.75 Å². The summed E-state index contributed by atoms with van der Waals surface area (Å²) in [7, 11) is 0. The van der Waals surface area contributed by atoms with E-state index in [0.29, 0.717) is 11.3 Å². The smallest absolute Gasteiger partial charge is 0.435 e. The van der Waals surface area contributed by atoms with Crippen LogP contribution in [0, 0.1) is 0 Å². The van der Waals surface area contributed by atoms with Gasteiger partial charge in [-0.1, -0.05) is 18.2 Å². The number of carboxylic acid groups (broad SMARTS) is 1. The van der Waals surface area contributed by atoms with Crippen molar-refractivity contribution in [3.63, 3.8) is 0 Å². The van der Waals surface area contributed by atoms with Gasteiger partial charge in [0.1, 0.15) is 9.88 Å². The molecule has 0 spiro atoms. The van der Waals surface area contributed by atoms with E-state index in [4.69, 9.17) is 5.11 Å². The zero-order valence-corrected chi connectivity index (χ0v) is 11.5. The van der Waals surface area contributed by atoms with Crippen molar-refractivity contribution in [3.05, 3.63) is 45.9 Å². The molecule has 0 unspecified atom stereocenters. The summed E-state index contributed by atoms with van der Waals surface area (Å²) in [6.07, 6.45) is -4.75. The van der Waals surface area contributed by atoms with E-state index in [0.717, 1.165) is 4.90 Å². The Labute approximate surface area is 120 Å². The number of carbonyl (C=O) groups is 1. The molecule has 0 saturated heterocycles. The van der Waals surface area contributed by atoms with Crippen molar-refractivity contribution in [2.24, 2.45) is 0 Å². The summed E-state index contributed by atoms with van der Waals surface area (Å²) in [4.78, 5) is 14.3. The average molecular weight is 319 g/mol. The number of nitrogens with zero attached hydrogens (tertiary/aromatic N) is 1. The Bertz CT molecular complexity index is 611. The van der Waals surface area contributed by atoms with Crippen LogP contribution in [0.3, 0.4) is 0 Å². The molecular formula is C12H8F3NO2S2. The number of benzene rings is 1. The first kappa shape index (κ1) is 14.9. The van der Waals surface area contributed by atoms with Gasteiger partial charge in [-0.25, -0.2) is 9.78 Å². The number of alkyl halides is 3. The van der Waals surface area contributed by atoms with Crippen molar-refractivity contribution in [2.75, 3.05) is 0 Å². The van der Waals surface area contributed by atoms with Crippen molar-refractivity contribution in [1.82, 2.24) is 4.98 Å². The van der Waals surface area contributed by atoms with Crippen LogP contribution in [-0.4, -0.2) is 16.1 Å². The number of thioether (sulfide) groups is 1. The number of hydrogen-bond acceptors (Lipinski definition) is 4. The molecular weight excluding hydrogens is 311 g/mol. The Morgan fingerprint density at radius 1 is 1.30 bits per heavy atom. The third kappa shape index (κ3) is 3.51. The summed E-state index contributed by atoms with van der Waals surface area (Å²) < 4.78 is 38.0. The fourth-order valence-electron chi connectivity index (χ4n) is 1.43. The topological polar surface area (TPSA) is 50.2 Å². The van der Waals surface area contributed by atoms with Gasteiger partial charge >= 0.3 is 12.1 Å². The molecule has 0 aliphatic rings. The van der Waals surface area contributed by atoms with Crippen LogP contribution in [0.1, 0.15) is 20.4 Å². The zero-order valence-electron chi connectivity index (χ0n) is 9.85. The lowest BCUT2D eigenvalue weighted by Crippen LogP contribution is -2.11. The van der Waals surface area contributed by atoms with Gasteiger partial charge in [0.2, 0.25) is 0 Å². The predicted molar refractivity (Wildman–Crippen MR) is 70.1 cm³/mol. The molecule has 106 valence electrons. The summed E-state index contributed by atoms with van der Waals surface area (Å²) in [6.45, 7) is 0. The van der Waals surface area contributed by atoms with E-state index in [2.05, 4.69) is 4.98 Å². The lowest BCUT2D eigenvalue weighted by molar-refractivity contribution is -0.141. The van der Waals surface area contributed by atoms with Gasteiger partial charge < -0.3 is 5.11 Å². The fourth-order valence-corrected chi connectivity index (χ4v) is 3.26. The number of carboxylic acids is 1. The number of aromatic nitrogens is 1. The normalized spacial score (nSPS) is 11.6. The van der Waals surface area contributed by atoms with Crippen LogP contribution >= 0.6 is 23.1 Å². The summed E-state index contributed by atoms with van der Waals surface area (Å²) in [5.41, 5.74) is -1.32. The molecule has 20 heavy (non-hydrogen) atoms. The molecule has 2 aromatic rings. The number of rotatable bonds is 4. The average Bonchev–Trinajstić information content (AvgIpc) is 2.82. The molecule has 1 aromatic carbocycles. The molecule has 3 nitrogen and oxygen atoms in total. The van der Waals surface area contributed by atoms with Crippen LogP contribution in [0.5, 0.6) is 0 Å². The van der Waals surface area contributed by atoms with Gasteiger partial charge in [-0.05, 0) is 12.1 Å². The summed E-state index contributed by atoms with van der Waals surface area (Å²) in [6, 6.07) is 9.10. The minimum absolute atomic E-state index is 0.142. The fraction of sp³-hybridized carbons (Fsp3) is 0.167. The van der Waals surface area contributed by atoms with E-state index < -0.39 is 22.7 Å². The lowest BCUT2D eigenvalue weighted by atomic mass is 10.3. The Balaban J connectivity index is 2.19. The third-order valence-electron chi connectivity index (χ3n) is 2.24. The SMILES string of the molecule is O=C(O)c1sc(CSc2ccccc2)nc1C(F)(F)F. The predicted octanol–water partition coefficient (Wildman–Crippen LogP) is 4.15. The Morgan fingerprint density at radius 3 is 2.45 bits per heavy atom. The number of hydrogen-bond donors (Lipinski definition) is 1. The second-order valence-electron chi connectivity index (χ2n) is 3.69. The first-order valence-corrected chi connectivity index (χ1v) is 7.16. The van der Waals surface area contributed by atoms with Gasteiger partial charge in [0, 0.05) is 4.90 Å². The van der Waals surface area contributed by atoms with Crippen LogP contribution in [0.25, 0.3) is 0 Å². The van der Waals surface area contributed by atoms with E-state index in [9.17, 15) is 18.0 Å². The maximum absolute atomic E-state index is 12.7. The van der Waals surface area contributed by atoms with Crippen molar-refractivity contribution in [3.8, 4) is 0 Å². The molecule has 0 radical (unpaired) electrons. The largest absolute Gasteiger partial charge is 0.477 e. The van der Waals surface area contributed by atoms with E-state index in [1.165, 1.54) is 11.8 Å². The number of aromatic carboxylic acids is 1. The second kappa shape index (κ2) is 5.84. The Morgan fingerprint density at radius 2 is 1.95 bits per heavy atom. The van der Waals surface area contributed by atoms with E-state index in [-0.39, 0.29) is 10.8 Å². The summed E-state index contributed by atoms with van der Waals surface area (Å²) in [5.74, 6) is -1.41. The van der Waals surface area contributed by atoms with Crippen LogP contribution in [0.2, 0.25) is 0 Å². The highest BCUT2D eigenvalue weighted by atomic mass is 32.2. The lowest BCUT2D eigenvalue weighted by Gasteiger charge is -2.02. The minimum Gasteiger partial charge on any atom is -0.477 e. The van der Waals surface area contributed by atoms with Crippen molar-refractivity contribution in [1.29, 1.82) is 0 Å². The maximum atomic E-state index is 12.7. The molecule has 0 aliphatic carbocycles. The van der Waals surface area contributed by atoms with Crippen molar-refractivity contribution >= 4 is 29.1 Å². The highest BCUT2D eigenvalue weighted by Crippen LogP contribution is 2.36. The first-order chi connectivity index (χ1) is 9.38. The Hall–Kier alpha value is -1.54. The molecule has 0 saturated carbocycles. The van der Waals surface area contributed by atoms with Gasteiger partial charge in [-0.15, -0.1) is 23.1 Å². The zero-order chi connectivity index (χ0) is 14.8. The van der Waals surface area contributed by atoms with Crippen LogP contribution in [0.4, 0.5) is 13.2 Å². The van der Waals surface area contributed by atoms with Crippen LogP contribution < -0.4 is 0 Å².